The number of fused-ring (bicyclic) bond motifs is 1. The van der Waals surface area contributed by atoms with Crippen molar-refractivity contribution in [3.8, 4) is 5.75 Å². The molecule has 4 heteroatoms. The summed E-state index contributed by atoms with van der Waals surface area (Å²) >= 11 is 0. The predicted molar refractivity (Wildman–Crippen MR) is 125 cm³/mol. The van der Waals surface area contributed by atoms with Crippen molar-refractivity contribution < 1.29 is 9.53 Å². The molecule has 1 aliphatic heterocycles. The first-order valence-electron chi connectivity index (χ1n) is 11.0. The molecule has 4 nitrogen and oxygen atoms in total. The van der Waals surface area contributed by atoms with Crippen molar-refractivity contribution in [3.63, 3.8) is 0 Å². The van der Waals surface area contributed by atoms with E-state index >= 15 is 0 Å². The summed E-state index contributed by atoms with van der Waals surface area (Å²) in [4.78, 5) is 15.4. The van der Waals surface area contributed by atoms with Gasteiger partial charge >= 0.3 is 0 Å². The van der Waals surface area contributed by atoms with Crippen LogP contribution < -0.4 is 10.1 Å². The number of amides is 1. The van der Waals surface area contributed by atoms with E-state index in [0.717, 1.165) is 35.4 Å². The van der Waals surface area contributed by atoms with Crippen LogP contribution in [-0.2, 0) is 12.1 Å². The second kappa shape index (κ2) is 8.84. The second-order valence-corrected chi connectivity index (χ2v) is 8.28. The van der Waals surface area contributed by atoms with Gasteiger partial charge in [-0.25, -0.2) is 0 Å². The number of anilines is 1. The Morgan fingerprint density at radius 2 is 1.65 bits per heavy atom. The summed E-state index contributed by atoms with van der Waals surface area (Å²) in [5.74, 6) is 0.898. The van der Waals surface area contributed by atoms with E-state index in [0.29, 0.717) is 6.61 Å². The second-order valence-electron chi connectivity index (χ2n) is 8.28. The van der Waals surface area contributed by atoms with Gasteiger partial charge in [-0.15, -0.1) is 0 Å². The molecule has 160 valence electrons. The van der Waals surface area contributed by atoms with Gasteiger partial charge in [0.15, 0.2) is 0 Å². The van der Waals surface area contributed by atoms with Crippen molar-refractivity contribution >= 4 is 11.6 Å². The molecule has 0 spiro atoms. The quantitative estimate of drug-likeness (QED) is 0.527. The van der Waals surface area contributed by atoms with Crippen LogP contribution in [0.4, 0.5) is 5.69 Å². The van der Waals surface area contributed by atoms with Crippen molar-refractivity contribution in [2.45, 2.75) is 45.3 Å². The van der Waals surface area contributed by atoms with Crippen molar-refractivity contribution in [2.75, 3.05) is 11.9 Å². The molecule has 1 N–H and O–H groups in total. The molecule has 3 aromatic rings. The Morgan fingerprint density at radius 1 is 0.968 bits per heavy atom. The highest BCUT2D eigenvalue weighted by Gasteiger charge is 2.44. The maximum Gasteiger partial charge on any atom is 0.258 e. The number of hydrogen-bond donors (Lipinski definition) is 1. The van der Waals surface area contributed by atoms with Crippen LogP contribution in [0.5, 0.6) is 5.75 Å². The molecule has 0 fully saturated rings. The molecule has 0 saturated carbocycles. The summed E-state index contributed by atoms with van der Waals surface area (Å²) in [5.41, 5.74) is 3.26. The zero-order valence-corrected chi connectivity index (χ0v) is 18.5. The van der Waals surface area contributed by atoms with E-state index in [1.54, 1.807) is 0 Å². The fraction of sp³-hybridized carbons (Fsp3) is 0.296. The van der Waals surface area contributed by atoms with Gasteiger partial charge in [-0.2, -0.15) is 0 Å². The highest BCUT2D eigenvalue weighted by atomic mass is 16.5. The molecule has 0 aliphatic carbocycles. The average Bonchev–Trinajstić information content (AvgIpc) is 2.80. The lowest BCUT2D eigenvalue weighted by Gasteiger charge is -2.49. The van der Waals surface area contributed by atoms with Crippen molar-refractivity contribution in [1.29, 1.82) is 0 Å². The lowest BCUT2D eigenvalue weighted by Crippen LogP contribution is -2.58. The number of nitrogens with one attached hydrogen (secondary N) is 1. The topological polar surface area (TPSA) is 41.6 Å². The number of nitrogens with zero attached hydrogens (tertiary/aromatic N) is 1. The number of hydrogen-bond acceptors (Lipinski definition) is 3. The number of carbonyl (C=O) groups excluding carboxylic acids is 1. The van der Waals surface area contributed by atoms with Crippen molar-refractivity contribution in [1.82, 2.24) is 4.90 Å². The van der Waals surface area contributed by atoms with Crippen LogP contribution in [0.15, 0.2) is 78.9 Å². The van der Waals surface area contributed by atoms with E-state index < -0.39 is 5.66 Å². The highest BCUT2D eigenvalue weighted by molar-refractivity contribution is 6.02. The monoisotopic (exact) mass is 414 g/mol. The van der Waals surface area contributed by atoms with E-state index in [1.165, 1.54) is 5.56 Å². The minimum absolute atomic E-state index is 0.0642. The maximum atomic E-state index is 13.4. The molecule has 1 heterocycles. The third-order valence-electron chi connectivity index (χ3n) is 6.19. The normalized spacial score (nSPS) is 18.8. The Labute approximate surface area is 184 Å². The molecule has 0 aromatic heterocycles. The first-order valence-corrected chi connectivity index (χ1v) is 11.0. The summed E-state index contributed by atoms with van der Waals surface area (Å²) in [6.07, 6.45) is 1.75. The SMILES string of the molecule is CCC(C)N1C(=O)c2ccccc2NC1(C)c1ccc(OCCc2ccccc2)cc1. The van der Waals surface area contributed by atoms with Gasteiger partial charge in [0, 0.05) is 18.2 Å². The van der Waals surface area contributed by atoms with E-state index in [2.05, 4.69) is 50.4 Å². The Kier molecular flexibility index (Phi) is 5.99. The fourth-order valence-corrected chi connectivity index (χ4v) is 4.28. The predicted octanol–water partition coefficient (Wildman–Crippen LogP) is 5.85. The van der Waals surface area contributed by atoms with Crippen LogP contribution in [0.3, 0.4) is 0 Å². The number of benzene rings is 3. The average molecular weight is 415 g/mol. The molecule has 1 amide bonds. The van der Waals surface area contributed by atoms with Crippen LogP contribution in [0.2, 0.25) is 0 Å². The molecule has 31 heavy (non-hydrogen) atoms. The molecule has 0 bridgehead atoms. The van der Waals surface area contributed by atoms with Crippen LogP contribution in [0.1, 0.15) is 48.7 Å². The van der Waals surface area contributed by atoms with Crippen LogP contribution >= 0.6 is 0 Å². The van der Waals surface area contributed by atoms with Gasteiger partial charge < -0.3 is 15.0 Å². The molecule has 2 unspecified atom stereocenters. The van der Waals surface area contributed by atoms with E-state index in [4.69, 9.17) is 4.74 Å². The van der Waals surface area contributed by atoms with Gasteiger partial charge in [0.05, 0.1) is 12.2 Å². The lowest BCUT2D eigenvalue weighted by atomic mass is 9.91. The Bertz CT molecular complexity index is 1030. The van der Waals surface area contributed by atoms with Crippen LogP contribution in [0.25, 0.3) is 0 Å². The smallest absolute Gasteiger partial charge is 0.258 e. The van der Waals surface area contributed by atoms with Crippen LogP contribution in [0, 0.1) is 0 Å². The molecule has 3 aromatic carbocycles. The zero-order chi connectivity index (χ0) is 21.8. The molecule has 1 aliphatic rings. The van der Waals surface area contributed by atoms with Gasteiger partial charge in [0.25, 0.3) is 5.91 Å². The molecule has 2 atom stereocenters. The van der Waals surface area contributed by atoms with Crippen LogP contribution in [-0.4, -0.2) is 23.5 Å². The third-order valence-corrected chi connectivity index (χ3v) is 6.19. The number of ether oxygens (including phenoxy) is 1. The Morgan fingerprint density at radius 3 is 2.35 bits per heavy atom. The van der Waals surface area contributed by atoms with Crippen molar-refractivity contribution in [2.24, 2.45) is 0 Å². The molecule has 4 rings (SSSR count). The first kappa shape index (κ1) is 21.0. The van der Waals surface area contributed by atoms with Crippen molar-refractivity contribution in [3.05, 3.63) is 95.6 Å². The van der Waals surface area contributed by atoms with E-state index in [1.807, 2.05) is 59.5 Å². The summed E-state index contributed by atoms with van der Waals surface area (Å²) in [5, 5.41) is 3.63. The molecule has 0 saturated heterocycles. The molecule has 0 radical (unpaired) electrons. The maximum absolute atomic E-state index is 13.4. The fourth-order valence-electron chi connectivity index (χ4n) is 4.28. The summed E-state index contributed by atoms with van der Waals surface area (Å²) in [6.45, 7) is 6.93. The zero-order valence-electron chi connectivity index (χ0n) is 18.5. The van der Waals surface area contributed by atoms with Gasteiger partial charge in [-0.1, -0.05) is 61.5 Å². The highest BCUT2D eigenvalue weighted by Crippen LogP contribution is 2.39. The first-order chi connectivity index (χ1) is 15.0. The standard InChI is InChI=1S/C27H30N2O2/c1-4-20(2)29-26(30)24-12-8-9-13-25(24)28-27(29,3)22-14-16-23(17-15-22)31-19-18-21-10-6-5-7-11-21/h5-17,20,28H,4,18-19H2,1-3H3. The minimum Gasteiger partial charge on any atom is -0.493 e. The number of carbonyl (C=O) groups is 1. The Hall–Kier alpha value is -3.27. The van der Waals surface area contributed by atoms with Gasteiger partial charge in [0.1, 0.15) is 11.4 Å². The van der Waals surface area contributed by atoms with Gasteiger partial charge in [-0.3, -0.25) is 4.79 Å². The lowest BCUT2D eigenvalue weighted by molar-refractivity contribution is 0.0399. The Balaban J connectivity index is 1.55. The van der Waals surface area contributed by atoms with E-state index in [9.17, 15) is 4.79 Å². The summed E-state index contributed by atoms with van der Waals surface area (Å²) < 4.78 is 5.96. The summed E-state index contributed by atoms with van der Waals surface area (Å²) in [7, 11) is 0. The van der Waals surface area contributed by atoms with Gasteiger partial charge in [-0.05, 0) is 55.7 Å². The largest absolute Gasteiger partial charge is 0.493 e. The van der Waals surface area contributed by atoms with E-state index in [-0.39, 0.29) is 11.9 Å². The molecular formula is C27H30N2O2. The third kappa shape index (κ3) is 4.15. The summed E-state index contributed by atoms with van der Waals surface area (Å²) in [6, 6.07) is 26.3. The number of rotatable bonds is 7. The number of para-hydroxylation sites is 1. The minimum atomic E-state index is -0.635. The molecular weight excluding hydrogens is 384 g/mol. The van der Waals surface area contributed by atoms with Gasteiger partial charge in [0.2, 0.25) is 0 Å².